The summed E-state index contributed by atoms with van der Waals surface area (Å²) in [5.74, 6) is -0.711. The van der Waals surface area contributed by atoms with E-state index in [0.29, 0.717) is 5.57 Å². The molecule has 1 unspecified atom stereocenters. The van der Waals surface area contributed by atoms with Crippen molar-refractivity contribution in [3.8, 4) is 0 Å². The number of esters is 1. The molecule has 12 heavy (non-hydrogen) atoms. The van der Waals surface area contributed by atoms with Crippen molar-refractivity contribution < 1.29 is 14.3 Å². The highest BCUT2D eigenvalue weighted by atomic mass is 28.3. The van der Waals surface area contributed by atoms with Gasteiger partial charge in [0.05, 0.1) is 0 Å². The number of ether oxygens (including phenoxy) is 2. The van der Waals surface area contributed by atoms with Crippen LogP contribution in [0.25, 0.3) is 0 Å². The Hall–Kier alpha value is -0.613. The van der Waals surface area contributed by atoms with Gasteiger partial charge in [0, 0.05) is 12.7 Å². The average Bonchev–Trinajstić information content (AvgIpc) is 1.98. The van der Waals surface area contributed by atoms with Crippen molar-refractivity contribution in [1.82, 2.24) is 0 Å². The van der Waals surface area contributed by atoms with Gasteiger partial charge in [-0.15, -0.1) is 0 Å². The zero-order valence-corrected chi connectivity index (χ0v) is 9.24. The molecule has 0 amide bonds. The van der Waals surface area contributed by atoms with E-state index in [1.807, 2.05) is 0 Å². The molecule has 0 saturated heterocycles. The Bertz CT molecular complexity index is 177. The van der Waals surface area contributed by atoms with E-state index in [4.69, 9.17) is 9.47 Å². The van der Waals surface area contributed by atoms with Gasteiger partial charge in [0.15, 0.2) is 5.91 Å². The second-order valence-electron chi connectivity index (χ2n) is 3.03. The third-order valence-corrected chi connectivity index (χ3v) is 2.85. The van der Waals surface area contributed by atoms with Crippen molar-refractivity contribution in [2.75, 3.05) is 7.11 Å². The van der Waals surface area contributed by atoms with Crippen LogP contribution in [0.1, 0.15) is 6.92 Å². The van der Waals surface area contributed by atoms with Crippen LogP contribution in [0.2, 0.25) is 13.1 Å². The van der Waals surface area contributed by atoms with Crippen LogP contribution in [0.15, 0.2) is 12.2 Å². The van der Waals surface area contributed by atoms with E-state index >= 15 is 0 Å². The molecule has 0 bridgehead atoms. The van der Waals surface area contributed by atoms with Gasteiger partial charge in [0.1, 0.15) is 8.80 Å². The Morgan fingerprint density at radius 1 is 1.50 bits per heavy atom. The number of hydrogen-bond acceptors (Lipinski definition) is 3. The molecule has 0 saturated carbocycles. The molecular formula is C8H16O3Si. The van der Waals surface area contributed by atoms with Crippen molar-refractivity contribution in [1.29, 1.82) is 0 Å². The van der Waals surface area contributed by atoms with Gasteiger partial charge < -0.3 is 9.47 Å². The lowest BCUT2D eigenvalue weighted by Crippen LogP contribution is -2.32. The quantitative estimate of drug-likeness (QED) is 0.287. The lowest BCUT2D eigenvalue weighted by atomic mass is 10.4. The zero-order chi connectivity index (χ0) is 9.72. The zero-order valence-electron chi connectivity index (χ0n) is 8.09. The van der Waals surface area contributed by atoms with Crippen molar-refractivity contribution >= 4 is 14.8 Å². The van der Waals surface area contributed by atoms with Gasteiger partial charge in [-0.3, -0.25) is 0 Å². The van der Waals surface area contributed by atoms with E-state index in [2.05, 4.69) is 19.7 Å². The number of rotatable bonds is 4. The molecule has 0 aromatic carbocycles. The molecule has 0 aliphatic rings. The Morgan fingerprint density at radius 2 is 2.00 bits per heavy atom. The number of methoxy groups -OCH3 is 1. The molecule has 1 atom stereocenters. The molecule has 0 aliphatic carbocycles. The molecule has 0 radical (unpaired) electrons. The van der Waals surface area contributed by atoms with Gasteiger partial charge >= 0.3 is 5.97 Å². The standard InChI is InChI=1S/C8H16O3Si/c1-6(2)7(9)11-8(10-3)12(4)5/h8,12H,1H2,2-5H3. The molecule has 4 heteroatoms. The van der Waals surface area contributed by atoms with Gasteiger partial charge in [-0.25, -0.2) is 4.79 Å². The second kappa shape index (κ2) is 5.11. The Balaban J connectivity index is 4.03. The molecule has 3 nitrogen and oxygen atoms in total. The van der Waals surface area contributed by atoms with Gasteiger partial charge in [-0.1, -0.05) is 19.7 Å². The SMILES string of the molecule is C=C(C)C(=O)OC(OC)[SiH](C)C. The first-order valence-corrected chi connectivity index (χ1v) is 6.86. The van der Waals surface area contributed by atoms with Crippen LogP contribution >= 0.6 is 0 Å². The molecule has 0 aromatic rings. The molecular weight excluding hydrogens is 172 g/mol. The highest BCUT2D eigenvalue weighted by molar-refractivity contribution is 6.56. The molecule has 0 N–H and O–H groups in total. The Labute approximate surface area is 75.0 Å². The summed E-state index contributed by atoms with van der Waals surface area (Å²) >= 11 is 0. The minimum Gasteiger partial charge on any atom is -0.437 e. The minimum atomic E-state index is -1.09. The number of carbonyl (C=O) groups excluding carboxylic acids is 1. The topological polar surface area (TPSA) is 35.5 Å². The predicted octanol–water partition coefficient (Wildman–Crippen LogP) is 1.10. The van der Waals surface area contributed by atoms with Crippen molar-refractivity contribution in [2.24, 2.45) is 0 Å². The summed E-state index contributed by atoms with van der Waals surface area (Å²) in [4.78, 5) is 11.0. The molecule has 70 valence electrons. The normalized spacial score (nSPS) is 12.8. The van der Waals surface area contributed by atoms with Gasteiger partial charge in [-0.2, -0.15) is 0 Å². The summed E-state index contributed by atoms with van der Waals surface area (Å²) in [5, 5.41) is 0. The largest absolute Gasteiger partial charge is 0.437 e. The van der Waals surface area contributed by atoms with E-state index < -0.39 is 8.80 Å². The van der Waals surface area contributed by atoms with Crippen LogP contribution in [-0.2, 0) is 14.3 Å². The van der Waals surface area contributed by atoms with E-state index in [1.54, 1.807) is 14.0 Å². The maximum atomic E-state index is 11.0. The van der Waals surface area contributed by atoms with Crippen LogP contribution in [0, 0.1) is 0 Å². The molecule has 0 heterocycles. The summed E-state index contributed by atoms with van der Waals surface area (Å²) in [5.41, 5.74) is 0.409. The average molecular weight is 188 g/mol. The lowest BCUT2D eigenvalue weighted by Gasteiger charge is -2.18. The molecule has 0 aliphatic heterocycles. The van der Waals surface area contributed by atoms with Gasteiger partial charge in [0.25, 0.3) is 0 Å². The van der Waals surface area contributed by atoms with Crippen LogP contribution in [0.3, 0.4) is 0 Å². The Kier molecular flexibility index (Phi) is 4.85. The van der Waals surface area contributed by atoms with Crippen LogP contribution in [0.4, 0.5) is 0 Å². The van der Waals surface area contributed by atoms with E-state index in [1.165, 1.54) is 0 Å². The monoisotopic (exact) mass is 188 g/mol. The van der Waals surface area contributed by atoms with E-state index in [0.717, 1.165) is 0 Å². The number of hydrogen-bond donors (Lipinski definition) is 0. The van der Waals surface area contributed by atoms with Crippen molar-refractivity contribution in [3.05, 3.63) is 12.2 Å². The summed E-state index contributed by atoms with van der Waals surface area (Å²) in [6.45, 7) is 9.22. The highest BCUT2D eigenvalue weighted by Gasteiger charge is 2.18. The molecule has 0 fully saturated rings. The minimum absolute atomic E-state index is 0.339. The third-order valence-electron chi connectivity index (χ3n) is 1.35. The Morgan fingerprint density at radius 3 is 2.25 bits per heavy atom. The predicted molar refractivity (Wildman–Crippen MR) is 50.6 cm³/mol. The summed E-state index contributed by atoms with van der Waals surface area (Å²) in [6, 6.07) is 0. The fourth-order valence-corrected chi connectivity index (χ4v) is 1.60. The van der Waals surface area contributed by atoms with Gasteiger partial charge in [0.2, 0.25) is 0 Å². The first-order valence-electron chi connectivity index (χ1n) is 3.88. The first kappa shape index (κ1) is 11.4. The number of carbonyl (C=O) groups is 1. The van der Waals surface area contributed by atoms with Crippen molar-refractivity contribution in [3.63, 3.8) is 0 Å². The summed E-state index contributed by atoms with van der Waals surface area (Å²) < 4.78 is 10.0. The molecule has 0 rings (SSSR count). The first-order chi connectivity index (χ1) is 5.49. The summed E-state index contributed by atoms with van der Waals surface area (Å²) in [6.07, 6.45) is 0. The van der Waals surface area contributed by atoms with Crippen LogP contribution in [0.5, 0.6) is 0 Å². The third kappa shape index (κ3) is 3.68. The second-order valence-corrected chi connectivity index (χ2v) is 6.07. The van der Waals surface area contributed by atoms with Crippen molar-refractivity contribution in [2.45, 2.75) is 25.9 Å². The smallest absolute Gasteiger partial charge is 0.335 e. The van der Waals surface area contributed by atoms with Gasteiger partial charge in [-0.05, 0) is 6.92 Å². The van der Waals surface area contributed by atoms with E-state index in [9.17, 15) is 4.79 Å². The maximum absolute atomic E-state index is 11.0. The molecule has 0 aromatic heterocycles. The summed E-state index contributed by atoms with van der Waals surface area (Å²) in [7, 11) is 0.456. The molecule has 0 spiro atoms. The fourth-order valence-electron chi connectivity index (χ4n) is 0.662. The maximum Gasteiger partial charge on any atom is 0.335 e. The van der Waals surface area contributed by atoms with Crippen LogP contribution < -0.4 is 0 Å². The van der Waals surface area contributed by atoms with Crippen LogP contribution in [-0.4, -0.2) is 27.8 Å². The fraction of sp³-hybridized carbons (Fsp3) is 0.625. The lowest BCUT2D eigenvalue weighted by molar-refractivity contribution is -0.155. The van der Waals surface area contributed by atoms with E-state index in [-0.39, 0.29) is 11.9 Å². The highest BCUT2D eigenvalue weighted by Crippen LogP contribution is 2.02.